The Morgan fingerprint density at radius 3 is 1.41 bits per heavy atom. The van der Waals surface area contributed by atoms with Crippen molar-refractivity contribution in [2.45, 2.75) is 27.7 Å². The molecule has 2 heterocycles. The van der Waals surface area contributed by atoms with Crippen molar-refractivity contribution in [1.82, 2.24) is 9.97 Å². The van der Waals surface area contributed by atoms with Crippen LogP contribution < -0.4 is 0 Å². The Morgan fingerprint density at radius 1 is 0.529 bits per heavy atom. The molecule has 0 atom stereocenters. The molecule has 3 aromatic carbocycles. The van der Waals surface area contributed by atoms with E-state index in [4.69, 9.17) is 5.11 Å². The number of fused-ring (bicyclic) bond motifs is 2. The number of phenols is 3. The molecule has 3 N–H and O–H groups in total. The fourth-order valence-corrected chi connectivity index (χ4v) is 3.18. The van der Waals surface area contributed by atoms with Crippen LogP contribution in [-0.4, -0.2) is 42.6 Å². The van der Waals surface area contributed by atoms with E-state index < -0.39 is 0 Å². The minimum atomic E-state index is 0. The van der Waals surface area contributed by atoms with Crippen molar-refractivity contribution in [3.63, 3.8) is 0 Å². The van der Waals surface area contributed by atoms with E-state index in [0.29, 0.717) is 16.8 Å². The van der Waals surface area contributed by atoms with Crippen LogP contribution in [0.2, 0.25) is 0 Å². The fraction of sp³-hybridized carbons (Fsp3) is 0.143. The molecular formula is C28H28AlN2O3. The molecule has 0 aliphatic carbocycles. The molecular weight excluding hydrogens is 439 g/mol. The molecule has 0 saturated carbocycles. The summed E-state index contributed by atoms with van der Waals surface area (Å²) in [4.78, 5) is 8.45. The first-order valence-electron chi connectivity index (χ1n) is 10.6. The highest BCUT2D eigenvalue weighted by Gasteiger charge is 2.00. The molecule has 0 aliphatic rings. The molecule has 2 aromatic heterocycles. The van der Waals surface area contributed by atoms with Gasteiger partial charge < -0.3 is 15.3 Å². The summed E-state index contributed by atoms with van der Waals surface area (Å²) >= 11 is 0. The average molecular weight is 468 g/mol. The predicted octanol–water partition coefficient (Wildman–Crippen LogP) is 6.13. The summed E-state index contributed by atoms with van der Waals surface area (Å²) in [5.74, 6) is 0.838. The number of hydrogen-bond acceptors (Lipinski definition) is 5. The second-order valence-corrected chi connectivity index (χ2v) is 7.87. The highest BCUT2D eigenvalue weighted by molar-refractivity contribution is 5.84. The topological polar surface area (TPSA) is 86.5 Å². The molecule has 0 amide bonds. The van der Waals surface area contributed by atoms with Crippen LogP contribution in [0.3, 0.4) is 0 Å². The van der Waals surface area contributed by atoms with Gasteiger partial charge in [-0.3, -0.25) is 0 Å². The summed E-state index contributed by atoms with van der Waals surface area (Å²) in [6.07, 6.45) is 0. The van der Waals surface area contributed by atoms with Gasteiger partial charge in [0.25, 0.3) is 0 Å². The van der Waals surface area contributed by atoms with E-state index >= 15 is 0 Å². The van der Waals surface area contributed by atoms with Crippen LogP contribution in [0.4, 0.5) is 0 Å². The highest BCUT2D eigenvalue weighted by atomic mass is 27.0. The van der Waals surface area contributed by atoms with Crippen LogP contribution in [0.1, 0.15) is 22.5 Å². The summed E-state index contributed by atoms with van der Waals surface area (Å²) < 4.78 is 0. The first-order valence-corrected chi connectivity index (χ1v) is 10.6. The molecule has 0 unspecified atom stereocenters. The number of hydrogen-bond donors (Lipinski definition) is 3. The number of benzene rings is 3. The van der Waals surface area contributed by atoms with Gasteiger partial charge in [-0.25, -0.2) is 9.97 Å². The molecule has 0 spiro atoms. The van der Waals surface area contributed by atoms with E-state index in [0.717, 1.165) is 27.7 Å². The van der Waals surface area contributed by atoms with Crippen molar-refractivity contribution in [2.24, 2.45) is 0 Å². The third-order valence-electron chi connectivity index (χ3n) is 5.17. The Hall–Kier alpha value is -3.59. The number of phenolic OH excluding ortho intramolecular Hbond substituents is 3. The van der Waals surface area contributed by atoms with E-state index in [2.05, 4.69) is 9.97 Å². The van der Waals surface area contributed by atoms with Gasteiger partial charge in [0.1, 0.15) is 28.3 Å². The summed E-state index contributed by atoms with van der Waals surface area (Å²) in [6, 6.07) is 23.9. The molecule has 3 radical (unpaired) electrons. The van der Waals surface area contributed by atoms with Crippen LogP contribution in [-0.2, 0) is 0 Å². The Bertz CT molecular complexity index is 1320. The van der Waals surface area contributed by atoms with E-state index in [1.165, 1.54) is 5.56 Å². The van der Waals surface area contributed by atoms with Crippen LogP contribution in [0, 0.1) is 27.7 Å². The smallest absolute Gasteiger partial charge is 0.141 e. The molecule has 171 valence electrons. The SMILES string of the molecule is Cc1ccc(O)cc1C.Cc1ccc2cccc(O)c2n1.Cc1ccc2cccc(O)c2n1.[Al]. The Kier molecular flexibility index (Phi) is 9.44. The van der Waals surface area contributed by atoms with Gasteiger partial charge in [-0.05, 0) is 75.2 Å². The van der Waals surface area contributed by atoms with E-state index in [1.807, 2.05) is 82.3 Å². The number of rotatable bonds is 0. The zero-order chi connectivity index (χ0) is 24.0. The molecule has 5 rings (SSSR count). The summed E-state index contributed by atoms with van der Waals surface area (Å²) in [5, 5.41) is 29.7. The second kappa shape index (κ2) is 12.0. The first-order chi connectivity index (χ1) is 15.7. The monoisotopic (exact) mass is 467 g/mol. The van der Waals surface area contributed by atoms with Gasteiger partial charge in [-0.15, -0.1) is 0 Å². The minimum absolute atomic E-state index is 0. The predicted molar refractivity (Wildman–Crippen MR) is 140 cm³/mol. The Labute approximate surface area is 210 Å². The van der Waals surface area contributed by atoms with Crippen LogP contribution in [0.5, 0.6) is 17.2 Å². The van der Waals surface area contributed by atoms with Gasteiger partial charge in [0.2, 0.25) is 0 Å². The maximum absolute atomic E-state index is 9.43. The zero-order valence-electron chi connectivity index (χ0n) is 19.8. The number of aryl methyl sites for hydroxylation is 4. The minimum Gasteiger partial charge on any atom is -0.508 e. The van der Waals surface area contributed by atoms with Crippen molar-refractivity contribution in [3.05, 3.63) is 101 Å². The fourth-order valence-electron chi connectivity index (χ4n) is 3.18. The lowest BCUT2D eigenvalue weighted by atomic mass is 10.1. The molecule has 5 aromatic rings. The highest BCUT2D eigenvalue weighted by Crippen LogP contribution is 2.22. The summed E-state index contributed by atoms with van der Waals surface area (Å²) in [7, 11) is 0. The molecule has 34 heavy (non-hydrogen) atoms. The maximum Gasteiger partial charge on any atom is 0.141 e. The van der Waals surface area contributed by atoms with Crippen molar-refractivity contribution in [3.8, 4) is 17.2 Å². The quantitative estimate of drug-likeness (QED) is 0.239. The lowest BCUT2D eigenvalue weighted by Crippen LogP contribution is -1.82. The molecule has 5 nitrogen and oxygen atoms in total. The van der Waals surface area contributed by atoms with Gasteiger partial charge in [-0.1, -0.05) is 42.5 Å². The molecule has 0 bridgehead atoms. The van der Waals surface area contributed by atoms with Crippen LogP contribution in [0.25, 0.3) is 21.8 Å². The van der Waals surface area contributed by atoms with E-state index in [1.54, 1.807) is 24.3 Å². The Morgan fingerprint density at radius 2 is 1.00 bits per heavy atom. The first kappa shape index (κ1) is 26.7. The van der Waals surface area contributed by atoms with E-state index in [-0.39, 0.29) is 28.9 Å². The summed E-state index contributed by atoms with van der Waals surface area (Å²) in [5.41, 5.74) is 5.55. The largest absolute Gasteiger partial charge is 0.508 e. The van der Waals surface area contributed by atoms with Gasteiger partial charge >= 0.3 is 0 Å². The van der Waals surface area contributed by atoms with Gasteiger partial charge in [-0.2, -0.15) is 0 Å². The van der Waals surface area contributed by atoms with Gasteiger partial charge in [0.15, 0.2) is 0 Å². The van der Waals surface area contributed by atoms with Crippen molar-refractivity contribution >= 4 is 39.2 Å². The van der Waals surface area contributed by atoms with Crippen LogP contribution in [0.15, 0.2) is 78.9 Å². The van der Waals surface area contributed by atoms with Gasteiger partial charge in [0, 0.05) is 39.5 Å². The summed E-state index contributed by atoms with van der Waals surface area (Å²) in [6.45, 7) is 7.82. The van der Waals surface area contributed by atoms with Gasteiger partial charge in [0.05, 0.1) is 0 Å². The second-order valence-electron chi connectivity index (χ2n) is 7.87. The molecule has 0 saturated heterocycles. The van der Waals surface area contributed by atoms with Crippen molar-refractivity contribution in [2.75, 3.05) is 0 Å². The number of para-hydroxylation sites is 2. The van der Waals surface area contributed by atoms with Crippen molar-refractivity contribution < 1.29 is 15.3 Å². The lowest BCUT2D eigenvalue weighted by Gasteiger charge is -1.99. The maximum atomic E-state index is 9.43. The number of nitrogens with zero attached hydrogens (tertiary/aromatic N) is 2. The standard InChI is InChI=1S/2C10H9NO.C8H10O.Al/c2*1-7-5-6-8-3-2-4-9(12)10(8)11-7;1-6-3-4-8(9)5-7(6)2;/h2*2-6,12H,1H3;3-5,9H,1-2H3;. The molecule has 0 aliphatic heterocycles. The number of aromatic nitrogens is 2. The average Bonchev–Trinajstić information content (AvgIpc) is 2.79. The lowest BCUT2D eigenvalue weighted by molar-refractivity contribution is 0.474. The molecule has 0 fully saturated rings. The zero-order valence-corrected chi connectivity index (χ0v) is 21.0. The van der Waals surface area contributed by atoms with E-state index in [9.17, 15) is 10.2 Å². The molecule has 6 heteroatoms. The number of aromatic hydroxyl groups is 3. The number of pyridine rings is 2. The Balaban J connectivity index is 0.000000180. The normalized spacial score (nSPS) is 9.88. The third-order valence-corrected chi connectivity index (χ3v) is 5.17. The van der Waals surface area contributed by atoms with Crippen molar-refractivity contribution in [1.29, 1.82) is 0 Å². The van der Waals surface area contributed by atoms with Crippen LogP contribution >= 0.6 is 0 Å². The third kappa shape index (κ3) is 6.95.